The van der Waals surface area contributed by atoms with E-state index in [1.165, 1.54) is 18.4 Å². The molecule has 1 aliphatic heterocycles. The molecule has 0 spiro atoms. The molecule has 0 bridgehead atoms. The minimum atomic E-state index is 0.420. The van der Waals surface area contributed by atoms with E-state index in [1.807, 2.05) is 19.2 Å². The summed E-state index contributed by atoms with van der Waals surface area (Å²) in [7, 11) is 0. The van der Waals surface area contributed by atoms with Crippen molar-refractivity contribution in [3.05, 3.63) is 29.6 Å². The highest BCUT2D eigenvalue weighted by Crippen LogP contribution is 2.10. The van der Waals surface area contributed by atoms with Gasteiger partial charge in [0.1, 0.15) is 0 Å². The molecule has 1 unspecified atom stereocenters. The van der Waals surface area contributed by atoms with E-state index in [4.69, 9.17) is 4.74 Å². The zero-order valence-corrected chi connectivity index (χ0v) is 9.20. The normalized spacial score (nSPS) is 20.7. The Bertz CT molecular complexity index is 291. The maximum Gasteiger partial charge on any atom is 0.0700 e. The first kappa shape index (κ1) is 10.6. The second kappa shape index (κ2) is 5.24. The summed E-state index contributed by atoms with van der Waals surface area (Å²) in [5, 5.41) is 3.40. The number of nitrogens with zero attached hydrogens (tertiary/aromatic N) is 1. The molecule has 1 saturated heterocycles. The minimum Gasteiger partial charge on any atom is -0.377 e. The van der Waals surface area contributed by atoms with Gasteiger partial charge in [-0.3, -0.25) is 4.98 Å². The average Bonchev–Trinajstić information content (AvgIpc) is 2.74. The van der Waals surface area contributed by atoms with Crippen LogP contribution in [0.1, 0.15) is 24.1 Å². The van der Waals surface area contributed by atoms with Crippen molar-refractivity contribution >= 4 is 0 Å². The first-order chi connectivity index (χ1) is 7.34. The van der Waals surface area contributed by atoms with Crippen LogP contribution < -0.4 is 5.32 Å². The summed E-state index contributed by atoms with van der Waals surface area (Å²) >= 11 is 0. The van der Waals surface area contributed by atoms with E-state index in [2.05, 4.69) is 16.4 Å². The van der Waals surface area contributed by atoms with Crippen molar-refractivity contribution in [1.29, 1.82) is 0 Å². The SMILES string of the molecule is Cc1ccc(CNCC2CCCO2)cn1. The predicted molar refractivity (Wildman–Crippen MR) is 59.7 cm³/mol. The summed E-state index contributed by atoms with van der Waals surface area (Å²) < 4.78 is 5.53. The molecule has 2 heterocycles. The summed E-state index contributed by atoms with van der Waals surface area (Å²) in [6.07, 6.45) is 4.75. The van der Waals surface area contributed by atoms with Crippen LogP contribution in [-0.2, 0) is 11.3 Å². The summed E-state index contributed by atoms with van der Waals surface area (Å²) in [4.78, 5) is 4.26. The van der Waals surface area contributed by atoms with Crippen molar-refractivity contribution in [3.63, 3.8) is 0 Å². The van der Waals surface area contributed by atoms with Crippen LogP contribution >= 0.6 is 0 Å². The van der Waals surface area contributed by atoms with Crippen LogP contribution in [0.3, 0.4) is 0 Å². The Morgan fingerprint density at radius 1 is 1.53 bits per heavy atom. The number of hydrogen-bond donors (Lipinski definition) is 1. The molecule has 1 atom stereocenters. The van der Waals surface area contributed by atoms with E-state index >= 15 is 0 Å². The first-order valence-corrected chi connectivity index (χ1v) is 5.58. The van der Waals surface area contributed by atoms with E-state index in [0.717, 1.165) is 25.4 Å². The molecule has 3 heteroatoms. The van der Waals surface area contributed by atoms with Gasteiger partial charge in [0.2, 0.25) is 0 Å². The molecule has 1 N–H and O–H groups in total. The van der Waals surface area contributed by atoms with E-state index in [-0.39, 0.29) is 0 Å². The largest absolute Gasteiger partial charge is 0.377 e. The van der Waals surface area contributed by atoms with E-state index in [0.29, 0.717) is 6.10 Å². The fraction of sp³-hybridized carbons (Fsp3) is 0.583. The van der Waals surface area contributed by atoms with E-state index in [9.17, 15) is 0 Å². The lowest BCUT2D eigenvalue weighted by Crippen LogP contribution is -2.25. The Kier molecular flexibility index (Phi) is 3.69. The molecular weight excluding hydrogens is 188 g/mol. The Labute approximate surface area is 90.9 Å². The van der Waals surface area contributed by atoms with Gasteiger partial charge < -0.3 is 10.1 Å². The van der Waals surface area contributed by atoms with Gasteiger partial charge in [0.25, 0.3) is 0 Å². The van der Waals surface area contributed by atoms with Gasteiger partial charge in [-0.25, -0.2) is 0 Å². The fourth-order valence-corrected chi connectivity index (χ4v) is 1.79. The Balaban J connectivity index is 1.71. The van der Waals surface area contributed by atoms with E-state index in [1.54, 1.807) is 0 Å². The van der Waals surface area contributed by atoms with Crippen LogP contribution in [0.15, 0.2) is 18.3 Å². The molecule has 0 radical (unpaired) electrons. The summed E-state index contributed by atoms with van der Waals surface area (Å²) in [5.41, 5.74) is 2.30. The third-order valence-electron chi connectivity index (χ3n) is 2.70. The molecule has 82 valence electrons. The van der Waals surface area contributed by atoms with E-state index < -0.39 is 0 Å². The van der Waals surface area contributed by atoms with Crippen LogP contribution in [0.2, 0.25) is 0 Å². The smallest absolute Gasteiger partial charge is 0.0700 e. The summed E-state index contributed by atoms with van der Waals surface area (Å²) in [6, 6.07) is 4.16. The quantitative estimate of drug-likeness (QED) is 0.813. The van der Waals surface area contributed by atoms with Gasteiger partial charge in [-0.2, -0.15) is 0 Å². The van der Waals surface area contributed by atoms with Gasteiger partial charge in [-0.1, -0.05) is 6.07 Å². The molecule has 1 aromatic rings. The Morgan fingerprint density at radius 3 is 3.13 bits per heavy atom. The number of hydrogen-bond acceptors (Lipinski definition) is 3. The molecule has 0 aliphatic carbocycles. The molecule has 1 aliphatic rings. The minimum absolute atomic E-state index is 0.420. The number of aryl methyl sites for hydroxylation is 1. The third kappa shape index (κ3) is 3.29. The second-order valence-corrected chi connectivity index (χ2v) is 4.07. The Hall–Kier alpha value is -0.930. The number of ether oxygens (including phenoxy) is 1. The number of pyridine rings is 1. The van der Waals surface area contributed by atoms with Gasteiger partial charge in [0.05, 0.1) is 6.10 Å². The monoisotopic (exact) mass is 206 g/mol. The molecule has 0 saturated carbocycles. The molecule has 1 aromatic heterocycles. The lowest BCUT2D eigenvalue weighted by Gasteiger charge is -2.10. The maximum absolute atomic E-state index is 5.53. The summed E-state index contributed by atoms with van der Waals surface area (Å²) in [6.45, 7) is 4.77. The van der Waals surface area contributed by atoms with Crippen LogP contribution in [-0.4, -0.2) is 24.2 Å². The van der Waals surface area contributed by atoms with Crippen molar-refractivity contribution in [2.45, 2.75) is 32.4 Å². The van der Waals surface area contributed by atoms with Crippen LogP contribution in [0.25, 0.3) is 0 Å². The molecule has 0 aromatic carbocycles. The van der Waals surface area contributed by atoms with Crippen molar-refractivity contribution in [2.24, 2.45) is 0 Å². The predicted octanol–water partition coefficient (Wildman–Crippen LogP) is 1.66. The van der Waals surface area contributed by atoms with Crippen molar-refractivity contribution in [2.75, 3.05) is 13.2 Å². The zero-order chi connectivity index (χ0) is 10.5. The van der Waals surface area contributed by atoms with Gasteiger partial charge in [0, 0.05) is 31.6 Å². The molecule has 3 nitrogen and oxygen atoms in total. The summed E-state index contributed by atoms with van der Waals surface area (Å²) in [5.74, 6) is 0. The van der Waals surface area contributed by atoms with Crippen LogP contribution in [0, 0.1) is 6.92 Å². The topological polar surface area (TPSA) is 34.1 Å². The zero-order valence-electron chi connectivity index (χ0n) is 9.20. The van der Waals surface area contributed by atoms with Gasteiger partial charge in [-0.05, 0) is 31.4 Å². The highest BCUT2D eigenvalue weighted by atomic mass is 16.5. The lowest BCUT2D eigenvalue weighted by atomic mass is 10.2. The van der Waals surface area contributed by atoms with Crippen molar-refractivity contribution < 1.29 is 4.74 Å². The second-order valence-electron chi connectivity index (χ2n) is 4.07. The van der Waals surface area contributed by atoms with Crippen molar-refractivity contribution in [3.8, 4) is 0 Å². The molecule has 15 heavy (non-hydrogen) atoms. The standard InChI is InChI=1S/C12H18N2O/c1-10-4-5-11(8-14-10)7-13-9-12-3-2-6-15-12/h4-5,8,12-13H,2-3,6-7,9H2,1H3. The number of rotatable bonds is 4. The highest BCUT2D eigenvalue weighted by molar-refractivity contribution is 5.12. The van der Waals surface area contributed by atoms with Gasteiger partial charge >= 0.3 is 0 Å². The first-order valence-electron chi connectivity index (χ1n) is 5.58. The molecule has 0 amide bonds. The lowest BCUT2D eigenvalue weighted by molar-refractivity contribution is 0.110. The fourth-order valence-electron chi connectivity index (χ4n) is 1.79. The van der Waals surface area contributed by atoms with Gasteiger partial charge in [0.15, 0.2) is 0 Å². The van der Waals surface area contributed by atoms with Crippen molar-refractivity contribution in [1.82, 2.24) is 10.3 Å². The third-order valence-corrected chi connectivity index (χ3v) is 2.70. The molecule has 2 rings (SSSR count). The molecular formula is C12H18N2O. The highest BCUT2D eigenvalue weighted by Gasteiger charge is 2.14. The average molecular weight is 206 g/mol. The number of aromatic nitrogens is 1. The maximum atomic E-state index is 5.53. The molecule has 1 fully saturated rings. The Morgan fingerprint density at radius 2 is 2.47 bits per heavy atom. The van der Waals surface area contributed by atoms with Crippen LogP contribution in [0.4, 0.5) is 0 Å². The van der Waals surface area contributed by atoms with Gasteiger partial charge in [-0.15, -0.1) is 0 Å². The number of nitrogens with one attached hydrogen (secondary N) is 1. The van der Waals surface area contributed by atoms with Crippen LogP contribution in [0.5, 0.6) is 0 Å².